The van der Waals surface area contributed by atoms with E-state index in [4.69, 9.17) is 0 Å². The Labute approximate surface area is 107 Å². The van der Waals surface area contributed by atoms with Crippen LogP contribution in [0.4, 0.5) is 4.39 Å². The van der Waals surface area contributed by atoms with E-state index >= 15 is 0 Å². The van der Waals surface area contributed by atoms with Crippen molar-refractivity contribution in [1.82, 2.24) is 10.6 Å². The molecule has 1 aromatic rings. The second-order valence-corrected chi connectivity index (χ2v) is 4.67. The number of rotatable bonds is 4. The molecule has 0 aromatic heterocycles. The zero-order chi connectivity index (χ0) is 12.8. The fraction of sp³-hybridized carbons (Fsp3) is 0.500. The van der Waals surface area contributed by atoms with Crippen LogP contribution in [-0.2, 0) is 0 Å². The number of hydrogen-bond acceptors (Lipinski definition) is 2. The molecule has 0 bridgehead atoms. The number of carbonyl (C=O) groups is 1. The molecule has 2 N–H and O–H groups in total. The molecular formula is C14H19FN2O. The predicted octanol–water partition coefficient (Wildman–Crippen LogP) is 2.09. The van der Waals surface area contributed by atoms with Crippen LogP contribution in [0.15, 0.2) is 24.3 Å². The standard InChI is InChI=1S/C14H19FN2O/c15-13-7-2-1-6-12(13)14(18)17-10-8-11-5-3-4-9-16-11/h1-2,6-7,11,16H,3-5,8-10H2,(H,17,18). The van der Waals surface area contributed by atoms with Crippen molar-refractivity contribution in [1.29, 1.82) is 0 Å². The third-order valence-electron chi connectivity index (χ3n) is 3.31. The van der Waals surface area contributed by atoms with Crippen LogP contribution in [0.5, 0.6) is 0 Å². The lowest BCUT2D eigenvalue weighted by Crippen LogP contribution is -2.37. The lowest BCUT2D eigenvalue weighted by Gasteiger charge is -2.23. The molecule has 1 atom stereocenters. The molecule has 1 unspecified atom stereocenters. The summed E-state index contributed by atoms with van der Waals surface area (Å²) in [6, 6.07) is 6.54. The highest BCUT2D eigenvalue weighted by atomic mass is 19.1. The highest BCUT2D eigenvalue weighted by molar-refractivity contribution is 5.94. The van der Waals surface area contributed by atoms with Gasteiger partial charge in [-0.3, -0.25) is 4.79 Å². The van der Waals surface area contributed by atoms with E-state index in [1.165, 1.54) is 25.0 Å². The van der Waals surface area contributed by atoms with Crippen LogP contribution in [-0.4, -0.2) is 25.0 Å². The molecule has 2 rings (SSSR count). The fourth-order valence-electron chi connectivity index (χ4n) is 2.27. The number of nitrogens with one attached hydrogen (secondary N) is 2. The van der Waals surface area contributed by atoms with Gasteiger partial charge in [-0.2, -0.15) is 0 Å². The monoisotopic (exact) mass is 250 g/mol. The van der Waals surface area contributed by atoms with Crippen LogP contribution < -0.4 is 10.6 Å². The summed E-state index contributed by atoms with van der Waals surface area (Å²) >= 11 is 0. The van der Waals surface area contributed by atoms with Crippen molar-refractivity contribution in [2.24, 2.45) is 0 Å². The van der Waals surface area contributed by atoms with Crippen molar-refractivity contribution < 1.29 is 9.18 Å². The molecule has 0 saturated carbocycles. The molecule has 1 saturated heterocycles. The van der Waals surface area contributed by atoms with Gasteiger partial charge in [0, 0.05) is 12.6 Å². The number of amides is 1. The molecule has 1 aromatic carbocycles. The van der Waals surface area contributed by atoms with Gasteiger partial charge in [0.25, 0.3) is 5.91 Å². The number of hydrogen-bond donors (Lipinski definition) is 2. The topological polar surface area (TPSA) is 41.1 Å². The van der Waals surface area contributed by atoms with Gasteiger partial charge >= 0.3 is 0 Å². The number of benzene rings is 1. The third kappa shape index (κ3) is 3.53. The summed E-state index contributed by atoms with van der Waals surface area (Å²) in [6.07, 6.45) is 4.55. The second-order valence-electron chi connectivity index (χ2n) is 4.67. The van der Waals surface area contributed by atoms with Crippen LogP contribution in [0.1, 0.15) is 36.0 Å². The van der Waals surface area contributed by atoms with E-state index in [1.807, 2.05) is 0 Å². The maximum absolute atomic E-state index is 13.3. The maximum atomic E-state index is 13.3. The van der Waals surface area contributed by atoms with Crippen LogP contribution >= 0.6 is 0 Å². The Morgan fingerprint density at radius 1 is 1.39 bits per heavy atom. The van der Waals surface area contributed by atoms with E-state index in [2.05, 4.69) is 10.6 Å². The Morgan fingerprint density at radius 2 is 2.22 bits per heavy atom. The molecule has 0 spiro atoms. The Balaban J connectivity index is 1.76. The predicted molar refractivity (Wildman–Crippen MR) is 69.0 cm³/mol. The molecule has 1 aliphatic rings. The zero-order valence-corrected chi connectivity index (χ0v) is 10.4. The molecule has 0 aliphatic carbocycles. The molecule has 3 nitrogen and oxygen atoms in total. The van der Waals surface area contributed by atoms with E-state index in [9.17, 15) is 9.18 Å². The van der Waals surface area contributed by atoms with Gasteiger partial charge < -0.3 is 10.6 Å². The van der Waals surface area contributed by atoms with Gasteiger partial charge in [-0.05, 0) is 37.9 Å². The summed E-state index contributed by atoms with van der Waals surface area (Å²) in [5.41, 5.74) is 0.120. The summed E-state index contributed by atoms with van der Waals surface area (Å²) in [5, 5.41) is 6.19. The van der Waals surface area contributed by atoms with Crippen LogP contribution in [0, 0.1) is 5.82 Å². The van der Waals surface area contributed by atoms with Gasteiger partial charge in [-0.25, -0.2) is 4.39 Å². The fourth-order valence-corrected chi connectivity index (χ4v) is 2.27. The van der Waals surface area contributed by atoms with Gasteiger partial charge in [-0.15, -0.1) is 0 Å². The molecule has 4 heteroatoms. The molecule has 0 radical (unpaired) electrons. The zero-order valence-electron chi connectivity index (χ0n) is 10.4. The SMILES string of the molecule is O=C(NCCC1CCCCN1)c1ccccc1F. The smallest absolute Gasteiger partial charge is 0.254 e. The Morgan fingerprint density at radius 3 is 2.94 bits per heavy atom. The van der Waals surface area contributed by atoms with E-state index in [0.29, 0.717) is 12.6 Å². The first-order valence-electron chi connectivity index (χ1n) is 6.53. The van der Waals surface area contributed by atoms with Crippen LogP contribution in [0.3, 0.4) is 0 Å². The minimum absolute atomic E-state index is 0.120. The Hall–Kier alpha value is -1.42. The number of piperidine rings is 1. The summed E-state index contributed by atoms with van der Waals surface area (Å²) in [5.74, 6) is -0.797. The number of carbonyl (C=O) groups excluding carboxylic acids is 1. The molecular weight excluding hydrogens is 231 g/mol. The average Bonchev–Trinajstić information content (AvgIpc) is 2.40. The quantitative estimate of drug-likeness (QED) is 0.859. The second kappa shape index (κ2) is 6.50. The molecule has 1 heterocycles. The minimum Gasteiger partial charge on any atom is -0.352 e. The minimum atomic E-state index is -0.467. The van der Waals surface area contributed by atoms with Gasteiger partial charge in [0.2, 0.25) is 0 Å². The normalized spacial score (nSPS) is 19.5. The Kier molecular flexibility index (Phi) is 4.70. The van der Waals surface area contributed by atoms with Crippen molar-refractivity contribution in [3.05, 3.63) is 35.6 Å². The first kappa shape index (κ1) is 13.0. The van der Waals surface area contributed by atoms with Crippen molar-refractivity contribution in [3.8, 4) is 0 Å². The number of halogens is 1. The first-order valence-corrected chi connectivity index (χ1v) is 6.53. The maximum Gasteiger partial charge on any atom is 0.254 e. The summed E-state index contributed by atoms with van der Waals surface area (Å²) in [7, 11) is 0. The van der Waals surface area contributed by atoms with Gasteiger partial charge in [0.1, 0.15) is 5.82 Å². The lowest BCUT2D eigenvalue weighted by atomic mass is 10.0. The largest absolute Gasteiger partial charge is 0.352 e. The average molecular weight is 250 g/mol. The van der Waals surface area contributed by atoms with Crippen molar-refractivity contribution in [2.75, 3.05) is 13.1 Å². The van der Waals surface area contributed by atoms with Gasteiger partial charge in [0.05, 0.1) is 5.56 Å². The van der Waals surface area contributed by atoms with Crippen LogP contribution in [0.2, 0.25) is 0 Å². The van der Waals surface area contributed by atoms with E-state index in [0.717, 1.165) is 19.4 Å². The molecule has 1 fully saturated rings. The summed E-state index contributed by atoms with van der Waals surface area (Å²) in [4.78, 5) is 11.7. The van der Waals surface area contributed by atoms with Gasteiger partial charge in [-0.1, -0.05) is 18.6 Å². The molecule has 98 valence electrons. The Bertz CT molecular complexity index is 403. The lowest BCUT2D eigenvalue weighted by molar-refractivity contribution is 0.0947. The molecule has 18 heavy (non-hydrogen) atoms. The highest BCUT2D eigenvalue weighted by Gasteiger charge is 2.14. The first-order chi connectivity index (χ1) is 8.77. The highest BCUT2D eigenvalue weighted by Crippen LogP contribution is 2.10. The van der Waals surface area contributed by atoms with E-state index in [1.54, 1.807) is 12.1 Å². The van der Waals surface area contributed by atoms with E-state index in [-0.39, 0.29) is 11.5 Å². The van der Waals surface area contributed by atoms with Crippen molar-refractivity contribution in [3.63, 3.8) is 0 Å². The van der Waals surface area contributed by atoms with Crippen LogP contribution in [0.25, 0.3) is 0 Å². The van der Waals surface area contributed by atoms with E-state index < -0.39 is 5.82 Å². The summed E-state index contributed by atoms with van der Waals surface area (Å²) < 4.78 is 13.3. The third-order valence-corrected chi connectivity index (χ3v) is 3.31. The molecule has 1 amide bonds. The van der Waals surface area contributed by atoms with Gasteiger partial charge in [0.15, 0.2) is 0 Å². The molecule has 1 aliphatic heterocycles. The summed E-state index contributed by atoms with van der Waals surface area (Å²) in [6.45, 7) is 1.65. The van der Waals surface area contributed by atoms with Crippen molar-refractivity contribution in [2.45, 2.75) is 31.7 Å². The van der Waals surface area contributed by atoms with Crippen molar-refractivity contribution >= 4 is 5.91 Å².